The summed E-state index contributed by atoms with van der Waals surface area (Å²) in [7, 11) is -3.63. The Morgan fingerprint density at radius 3 is 2.36 bits per heavy atom. The minimum Gasteiger partial charge on any atom is -0.395 e. The van der Waals surface area contributed by atoms with Crippen LogP contribution in [0.4, 0.5) is 13.2 Å². The lowest BCUT2D eigenvalue weighted by Crippen LogP contribution is -2.30. The third-order valence-corrected chi connectivity index (χ3v) is 3.15. The van der Waals surface area contributed by atoms with Gasteiger partial charge >= 0.3 is 5.51 Å². The van der Waals surface area contributed by atoms with Gasteiger partial charge in [0, 0.05) is 12.3 Å². The number of alkyl halides is 3. The molecule has 0 aromatic carbocycles. The fourth-order valence-corrected chi connectivity index (χ4v) is 1.92. The van der Waals surface area contributed by atoms with Gasteiger partial charge in [-0.25, -0.2) is 13.1 Å². The Balaban J connectivity index is 3.65. The zero-order valence-electron chi connectivity index (χ0n) is 7.04. The number of nitrogens with one attached hydrogen (secondary N) is 1. The molecule has 0 fully saturated rings. The first-order chi connectivity index (χ1) is 6.27. The summed E-state index contributed by atoms with van der Waals surface area (Å²) < 4.78 is 58.2. The van der Waals surface area contributed by atoms with E-state index in [1.807, 2.05) is 4.72 Å². The van der Waals surface area contributed by atoms with Crippen LogP contribution in [0.2, 0.25) is 0 Å². The highest BCUT2D eigenvalue weighted by Gasteiger charge is 2.27. The van der Waals surface area contributed by atoms with E-state index in [-0.39, 0.29) is 24.1 Å². The molecule has 0 atom stereocenters. The Labute approximate surface area is 83.9 Å². The van der Waals surface area contributed by atoms with Gasteiger partial charge in [0.05, 0.1) is 12.4 Å². The molecule has 2 N–H and O–H groups in total. The number of thioether (sulfide) groups is 1. The highest BCUT2D eigenvalue weighted by Crippen LogP contribution is 2.29. The molecule has 0 unspecified atom stereocenters. The highest BCUT2D eigenvalue weighted by atomic mass is 32.2. The van der Waals surface area contributed by atoms with Crippen molar-refractivity contribution in [3.63, 3.8) is 0 Å². The van der Waals surface area contributed by atoms with E-state index in [9.17, 15) is 21.6 Å². The van der Waals surface area contributed by atoms with Crippen molar-refractivity contribution < 1.29 is 26.7 Å². The van der Waals surface area contributed by atoms with Gasteiger partial charge in [-0.3, -0.25) is 0 Å². The number of sulfonamides is 1. The fourth-order valence-electron chi connectivity index (χ4n) is 0.556. The second kappa shape index (κ2) is 5.79. The molecule has 0 amide bonds. The lowest BCUT2D eigenvalue weighted by molar-refractivity contribution is -0.0327. The summed E-state index contributed by atoms with van der Waals surface area (Å²) in [6, 6.07) is 0. The fraction of sp³-hybridized carbons (Fsp3) is 1.00. The molecule has 0 aliphatic carbocycles. The normalized spacial score (nSPS) is 13.1. The van der Waals surface area contributed by atoms with Crippen LogP contribution in [0.5, 0.6) is 0 Å². The van der Waals surface area contributed by atoms with Crippen LogP contribution in [0.1, 0.15) is 0 Å². The van der Waals surface area contributed by atoms with Crippen LogP contribution in [0, 0.1) is 0 Å². The molecule has 0 spiro atoms. The number of hydrogen-bond donors (Lipinski definition) is 2. The largest absolute Gasteiger partial charge is 0.441 e. The number of aliphatic hydroxyl groups is 1. The lowest BCUT2D eigenvalue weighted by Gasteiger charge is -2.06. The first-order valence-electron chi connectivity index (χ1n) is 3.56. The van der Waals surface area contributed by atoms with Crippen molar-refractivity contribution in [1.82, 2.24) is 4.72 Å². The number of aliphatic hydroxyl groups excluding tert-OH is 1. The van der Waals surface area contributed by atoms with Crippen molar-refractivity contribution in [3.8, 4) is 0 Å². The van der Waals surface area contributed by atoms with Crippen LogP contribution in [0.15, 0.2) is 0 Å². The van der Waals surface area contributed by atoms with E-state index in [1.54, 1.807) is 0 Å². The maximum Gasteiger partial charge on any atom is 0.441 e. The Hall–Kier alpha value is 0.01000. The van der Waals surface area contributed by atoms with Gasteiger partial charge in [-0.2, -0.15) is 13.2 Å². The lowest BCUT2D eigenvalue weighted by atomic mass is 10.8. The summed E-state index contributed by atoms with van der Waals surface area (Å²) in [4.78, 5) is 0. The molecule has 0 radical (unpaired) electrons. The van der Waals surface area contributed by atoms with E-state index < -0.39 is 27.9 Å². The molecule has 0 heterocycles. The topological polar surface area (TPSA) is 66.4 Å². The van der Waals surface area contributed by atoms with E-state index >= 15 is 0 Å². The Morgan fingerprint density at radius 1 is 1.36 bits per heavy atom. The van der Waals surface area contributed by atoms with E-state index in [4.69, 9.17) is 5.11 Å². The molecule has 0 saturated carbocycles. The standard InChI is InChI=1S/C5H10F3NO3S2/c6-5(7,8)13-3-1-9-14(11,12)4-2-10/h9-10H,1-4H2. The Morgan fingerprint density at radius 2 is 1.93 bits per heavy atom. The third kappa shape index (κ3) is 8.60. The zero-order chi connectivity index (χ0) is 11.2. The highest BCUT2D eigenvalue weighted by molar-refractivity contribution is 8.00. The van der Waals surface area contributed by atoms with Gasteiger partial charge in [-0.05, 0) is 11.8 Å². The summed E-state index contributed by atoms with van der Waals surface area (Å²) in [5.74, 6) is -0.877. The van der Waals surface area contributed by atoms with Crippen LogP contribution in [0.3, 0.4) is 0 Å². The van der Waals surface area contributed by atoms with E-state index in [2.05, 4.69) is 0 Å². The first-order valence-corrected chi connectivity index (χ1v) is 6.19. The second-order valence-corrected chi connectivity index (χ2v) is 5.32. The summed E-state index contributed by atoms with van der Waals surface area (Å²) in [6.45, 7) is -0.853. The van der Waals surface area contributed by atoms with Crippen molar-refractivity contribution in [3.05, 3.63) is 0 Å². The zero-order valence-corrected chi connectivity index (χ0v) is 8.68. The quantitative estimate of drug-likeness (QED) is 0.661. The van der Waals surface area contributed by atoms with Gasteiger partial charge in [0.2, 0.25) is 10.0 Å². The Kier molecular flexibility index (Phi) is 5.79. The van der Waals surface area contributed by atoms with Crippen LogP contribution in [-0.2, 0) is 10.0 Å². The van der Waals surface area contributed by atoms with E-state index in [0.717, 1.165) is 0 Å². The minimum absolute atomic E-state index is 0.297. The third-order valence-electron chi connectivity index (χ3n) is 1.05. The molecule has 14 heavy (non-hydrogen) atoms. The van der Waals surface area contributed by atoms with Gasteiger partial charge < -0.3 is 5.11 Å². The maximum absolute atomic E-state index is 11.6. The average Bonchev–Trinajstić information content (AvgIpc) is 1.96. The van der Waals surface area contributed by atoms with Gasteiger partial charge in [0.1, 0.15) is 0 Å². The van der Waals surface area contributed by atoms with Crippen molar-refractivity contribution in [1.29, 1.82) is 0 Å². The van der Waals surface area contributed by atoms with Gasteiger partial charge in [0.25, 0.3) is 0 Å². The summed E-state index contributed by atoms with van der Waals surface area (Å²) in [5, 5.41) is 8.28. The molecule has 0 rings (SSSR count). The van der Waals surface area contributed by atoms with E-state index in [0.29, 0.717) is 0 Å². The molecular formula is C5H10F3NO3S2. The molecule has 4 nitrogen and oxygen atoms in total. The van der Waals surface area contributed by atoms with Crippen molar-refractivity contribution in [2.45, 2.75) is 5.51 Å². The van der Waals surface area contributed by atoms with Crippen molar-refractivity contribution >= 4 is 21.8 Å². The average molecular weight is 253 g/mol. The van der Waals surface area contributed by atoms with Crippen LogP contribution >= 0.6 is 11.8 Å². The number of hydrogen-bond acceptors (Lipinski definition) is 4. The number of halogens is 3. The monoisotopic (exact) mass is 253 g/mol. The Bertz CT molecular complexity index is 251. The maximum atomic E-state index is 11.6. The van der Waals surface area contributed by atoms with Crippen LogP contribution < -0.4 is 4.72 Å². The smallest absolute Gasteiger partial charge is 0.395 e. The second-order valence-electron chi connectivity index (χ2n) is 2.23. The first kappa shape index (κ1) is 14.0. The van der Waals surface area contributed by atoms with Crippen LogP contribution in [-0.4, -0.2) is 43.7 Å². The minimum atomic E-state index is -4.34. The van der Waals surface area contributed by atoms with Gasteiger partial charge in [-0.15, -0.1) is 0 Å². The summed E-state index contributed by atoms with van der Waals surface area (Å²) in [6.07, 6.45) is 0. The van der Waals surface area contributed by atoms with Gasteiger partial charge in [-0.1, -0.05) is 0 Å². The molecular weight excluding hydrogens is 243 g/mol. The number of rotatable bonds is 6. The molecule has 0 aromatic rings. The van der Waals surface area contributed by atoms with Crippen molar-refractivity contribution in [2.75, 3.05) is 24.7 Å². The molecule has 86 valence electrons. The van der Waals surface area contributed by atoms with E-state index in [1.165, 1.54) is 0 Å². The van der Waals surface area contributed by atoms with Crippen LogP contribution in [0.25, 0.3) is 0 Å². The summed E-state index contributed by atoms with van der Waals surface area (Å²) in [5.41, 5.74) is -4.34. The predicted octanol–water partition coefficient (Wildman–Crippen LogP) is 0.151. The molecule has 0 bridgehead atoms. The molecule has 0 aliphatic rings. The predicted molar refractivity (Wildman–Crippen MR) is 47.4 cm³/mol. The SMILES string of the molecule is O=S(=O)(CCO)NCCSC(F)(F)F. The molecule has 0 aromatic heterocycles. The summed E-state index contributed by atoms with van der Waals surface area (Å²) >= 11 is -0.297. The molecule has 0 saturated heterocycles. The van der Waals surface area contributed by atoms with Gasteiger partial charge in [0.15, 0.2) is 0 Å². The molecule has 0 aliphatic heterocycles. The molecule has 9 heteroatoms. The van der Waals surface area contributed by atoms with Crippen molar-refractivity contribution in [2.24, 2.45) is 0 Å².